The minimum atomic E-state index is -0.335. The molecule has 0 heterocycles. The van der Waals surface area contributed by atoms with Gasteiger partial charge in [-0.2, -0.15) is 0 Å². The molecule has 0 radical (unpaired) electrons. The summed E-state index contributed by atoms with van der Waals surface area (Å²) in [6.07, 6.45) is 3.58. The van der Waals surface area contributed by atoms with Crippen LogP contribution in [0, 0.1) is 0 Å². The maximum absolute atomic E-state index is 10.1. The lowest BCUT2D eigenvalue weighted by Gasteiger charge is -2.37. The Bertz CT molecular complexity index is 403. The molecule has 1 aromatic carbocycles. The number of nitrogens with one attached hydrogen (secondary N) is 1. The highest BCUT2D eigenvalue weighted by atomic mass is 16.3. The van der Waals surface area contributed by atoms with Crippen molar-refractivity contribution in [3.8, 4) is 0 Å². The van der Waals surface area contributed by atoms with Crippen molar-refractivity contribution in [2.45, 2.75) is 50.7 Å². The Kier molecular flexibility index (Phi) is 5.19. The molecule has 0 aromatic heterocycles. The van der Waals surface area contributed by atoms with Crippen molar-refractivity contribution in [3.05, 3.63) is 35.9 Å². The maximum Gasteiger partial charge on any atom is 0.0683 e. The van der Waals surface area contributed by atoms with Gasteiger partial charge in [0.05, 0.1) is 12.1 Å². The second kappa shape index (κ2) is 6.70. The summed E-state index contributed by atoms with van der Waals surface area (Å²) in [6.45, 7) is 5.42. The van der Waals surface area contributed by atoms with Crippen molar-refractivity contribution >= 4 is 0 Å². The van der Waals surface area contributed by atoms with Gasteiger partial charge >= 0.3 is 0 Å². The maximum atomic E-state index is 10.1. The van der Waals surface area contributed by atoms with E-state index in [1.165, 1.54) is 18.4 Å². The van der Waals surface area contributed by atoms with Gasteiger partial charge in [-0.3, -0.25) is 0 Å². The van der Waals surface area contributed by atoms with Crippen LogP contribution in [0.1, 0.15) is 38.7 Å². The van der Waals surface area contributed by atoms with Crippen molar-refractivity contribution in [1.82, 2.24) is 10.2 Å². The van der Waals surface area contributed by atoms with Gasteiger partial charge in [-0.05, 0) is 45.7 Å². The van der Waals surface area contributed by atoms with E-state index in [9.17, 15) is 5.11 Å². The topological polar surface area (TPSA) is 35.5 Å². The SMILES string of the molecule is CC(C)NC(CO)(CCN(C)C1CC1)c1ccccc1. The number of aliphatic hydroxyl groups is 1. The summed E-state index contributed by atoms with van der Waals surface area (Å²) >= 11 is 0. The van der Waals surface area contributed by atoms with Crippen LogP contribution < -0.4 is 5.32 Å². The molecule has 1 aliphatic carbocycles. The summed E-state index contributed by atoms with van der Waals surface area (Å²) in [5.41, 5.74) is 0.846. The van der Waals surface area contributed by atoms with Gasteiger partial charge in [-0.25, -0.2) is 0 Å². The first-order chi connectivity index (χ1) is 9.57. The first kappa shape index (κ1) is 15.5. The molecule has 1 atom stereocenters. The summed E-state index contributed by atoms with van der Waals surface area (Å²) < 4.78 is 0. The molecule has 3 nitrogen and oxygen atoms in total. The third kappa shape index (κ3) is 3.81. The number of rotatable bonds is 8. The molecule has 0 bridgehead atoms. The monoisotopic (exact) mass is 276 g/mol. The fourth-order valence-corrected chi connectivity index (χ4v) is 2.89. The highest BCUT2D eigenvalue weighted by Crippen LogP contribution is 2.29. The lowest BCUT2D eigenvalue weighted by atomic mass is 9.86. The molecule has 0 spiro atoms. The standard InChI is InChI=1S/C17H28N2O/c1-14(2)18-17(13-20,15-7-5-4-6-8-15)11-12-19(3)16-9-10-16/h4-8,14,16,18,20H,9-13H2,1-3H3. The Morgan fingerprint density at radius 3 is 2.45 bits per heavy atom. The van der Waals surface area contributed by atoms with Gasteiger partial charge in [0.15, 0.2) is 0 Å². The lowest BCUT2D eigenvalue weighted by Crippen LogP contribution is -2.50. The van der Waals surface area contributed by atoms with Gasteiger partial charge in [0.25, 0.3) is 0 Å². The summed E-state index contributed by atoms with van der Waals surface area (Å²) in [7, 11) is 2.19. The van der Waals surface area contributed by atoms with Crippen LogP contribution in [0.5, 0.6) is 0 Å². The van der Waals surface area contributed by atoms with Gasteiger partial charge in [-0.1, -0.05) is 30.3 Å². The van der Waals surface area contributed by atoms with Crippen molar-refractivity contribution in [3.63, 3.8) is 0 Å². The average molecular weight is 276 g/mol. The van der Waals surface area contributed by atoms with E-state index < -0.39 is 0 Å². The lowest BCUT2D eigenvalue weighted by molar-refractivity contribution is 0.127. The van der Waals surface area contributed by atoms with E-state index in [-0.39, 0.29) is 12.1 Å². The number of hydrogen-bond acceptors (Lipinski definition) is 3. The number of benzene rings is 1. The second-order valence-electron chi connectivity index (χ2n) is 6.37. The van der Waals surface area contributed by atoms with E-state index in [0.29, 0.717) is 6.04 Å². The first-order valence-corrected chi connectivity index (χ1v) is 7.72. The molecule has 3 heteroatoms. The fraction of sp³-hybridized carbons (Fsp3) is 0.647. The van der Waals surface area contributed by atoms with Crippen molar-refractivity contribution < 1.29 is 5.11 Å². The van der Waals surface area contributed by atoms with Crippen LogP contribution in [0.3, 0.4) is 0 Å². The molecule has 0 saturated heterocycles. The van der Waals surface area contributed by atoms with Gasteiger partial charge in [0.1, 0.15) is 0 Å². The summed E-state index contributed by atoms with van der Waals surface area (Å²) in [5, 5.41) is 13.7. The van der Waals surface area contributed by atoms with Crippen molar-refractivity contribution in [2.75, 3.05) is 20.2 Å². The predicted molar refractivity (Wildman–Crippen MR) is 83.7 cm³/mol. The third-order valence-corrected chi connectivity index (χ3v) is 4.22. The van der Waals surface area contributed by atoms with Crippen LogP contribution >= 0.6 is 0 Å². The molecule has 1 aromatic rings. The van der Waals surface area contributed by atoms with Gasteiger partial charge in [0.2, 0.25) is 0 Å². The Morgan fingerprint density at radius 1 is 1.30 bits per heavy atom. The van der Waals surface area contributed by atoms with Gasteiger partial charge in [-0.15, -0.1) is 0 Å². The Labute approximate surface area is 123 Å². The van der Waals surface area contributed by atoms with Crippen LogP contribution in [0.15, 0.2) is 30.3 Å². The smallest absolute Gasteiger partial charge is 0.0683 e. The molecule has 2 N–H and O–H groups in total. The van der Waals surface area contributed by atoms with Crippen LogP contribution in [0.4, 0.5) is 0 Å². The quantitative estimate of drug-likeness (QED) is 0.765. The molecule has 0 aliphatic heterocycles. The zero-order chi connectivity index (χ0) is 14.6. The molecular formula is C17H28N2O. The van der Waals surface area contributed by atoms with Crippen molar-refractivity contribution in [1.29, 1.82) is 0 Å². The van der Waals surface area contributed by atoms with E-state index >= 15 is 0 Å². The third-order valence-electron chi connectivity index (χ3n) is 4.22. The molecule has 1 unspecified atom stereocenters. The van der Waals surface area contributed by atoms with E-state index in [0.717, 1.165) is 19.0 Å². The number of nitrogens with zero attached hydrogens (tertiary/aromatic N) is 1. The number of hydrogen-bond donors (Lipinski definition) is 2. The molecule has 1 aliphatic rings. The summed E-state index contributed by atoms with van der Waals surface area (Å²) in [6, 6.07) is 11.5. The minimum absolute atomic E-state index is 0.133. The molecular weight excluding hydrogens is 248 g/mol. The van der Waals surface area contributed by atoms with E-state index in [1.807, 2.05) is 18.2 Å². The van der Waals surface area contributed by atoms with Crippen LogP contribution in [0.2, 0.25) is 0 Å². The Hall–Kier alpha value is -0.900. The molecule has 1 fully saturated rings. The highest BCUT2D eigenvalue weighted by Gasteiger charge is 2.34. The van der Waals surface area contributed by atoms with Crippen molar-refractivity contribution in [2.24, 2.45) is 0 Å². The summed E-state index contributed by atoms with van der Waals surface area (Å²) in [4.78, 5) is 2.43. The average Bonchev–Trinajstić information content (AvgIpc) is 3.28. The highest BCUT2D eigenvalue weighted by molar-refractivity contribution is 5.25. The summed E-state index contributed by atoms with van der Waals surface area (Å²) in [5.74, 6) is 0. The van der Waals surface area contributed by atoms with Gasteiger partial charge in [0, 0.05) is 18.6 Å². The first-order valence-electron chi connectivity index (χ1n) is 7.72. The second-order valence-corrected chi connectivity index (χ2v) is 6.37. The fourth-order valence-electron chi connectivity index (χ4n) is 2.89. The van der Waals surface area contributed by atoms with Crippen LogP contribution in [0.25, 0.3) is 0 Å². The normalized spacial score (nSPS) is 18.5. The number of aliphatic hydroxyl groups excluding tert-OH is 1. The van der Waals surface area contributed by atoms with E-state index in [1.54, 1.807) is 0 Å². The van der Waals surface area contributed by atoms with Gasteiger partial charge < -0.3 is 15.3 Å². The molecule has 20 heavy (non-hydrogen) atoms. The zero-order valence-electron chi connectivity index (χ0n) is 13.0. The van der Waals surface area contributed by atoms with Crippen LogP contribution in [-0.4, -0.2) is 42.3 Å². The van der Waals surface area contributed by atoms with Crippen LogP contribution in [-0.2, 0) is 5.54 Å². The largest absolute Gasteiger partial charge is 0.394 e. The minimum Gasteiger partial charge on any atom is -0.394 e. The predicted octanol–water partition coefficient (Wildman–Crippen LogP) is 2.36. The zero-order valence-corrected chi connectivity index (χ0v) is 13.0. The van der Waals surface area contributed by atoms with E-state index in [4.69, 9.17) is 0 Å². The van der Waals surface area contributed by atoms with E-state index in [2.05, 4.69) is 43.2 Å². The Morgan fingerprint density at radius 2 is 1.95 bits per heavy atom. The molecule has 112 valence electrons. The Balaban J connectivity index is 2.13. The molecule has 1 saturated carbocycles. The molecule has 2 rings (SSSR count). The molecule has 0 amide bonds.